The van der Waals surface area contributed by atoms with E-state index in [0.29, 0.717) is 28.8 Å². The molecule has 0 unspecified atom stereocenters. The van der Waals surface area contributed by atoms with Crippen LogP contribution >= 0.6 is 11.3 Å². The van der Waals surface area contributed by atoms with Crippen LogP contribution in [0.5, 0.6) is 5.75 Å². The van der Waals surface area contributed by atoms with Gasteiger partial charge in [-0.2, -0.15) is 0 Å². The Hall–Kier alpha value is -8.67. The number of rotatable bonds is 20. The van der Waals surface area contributed by atoms with E-state index in [9.17, 15) is 81.7 Å². The molecular formula is C90H105N5O21S. The summed E-state index contributed by atoms with van der Waals surface area (Å²) in [7, 11) is 0. The van der Waals surface area contributed by atoms with E-state index >= 15 is 0 Å². The van der Waals surface area contributed by atoms with Gasteiger partial charge in [-0.15, -0.1) is 11.3 Å². The van der Waals surface area contributed by atoms with E-state index in [4.69, 9.17) is 23.7 Å². The smallest absolute Gasteiger partial charge is 0.122 e. The fraction of sp³-hybridized carbons (Fsp3) is 0.411. The molecule has 0 spiro atoms. The molecule has 0 amide bonds. The maximum absolute atomic E-state index is 10.5. The number of aromatic nitrogens is 5. The second-order valence-electron chi connectivity index (χ2n) is 30.9. The van der Waals surface area contributed by atoms with E-state index in [2.05, 4.69) is 114 Å². The van der Waals surface area contributed by atoms with Gasteiger partial charge >= 0.3 is 0 Å². The summed E-state index contributed by atoms with van der Waals surface area (Å²) in [6.45, 7) is 6.04. The van der Waals surface area contributed by atoms with Crippen LogP contribution in [0.1, 0.15) is 127 Å². The maximum Gasteiger partial charge on any atom is 0.122 e. The van der Waals surface area contributed by atoms with Crippen molar-refractivity contribution in [3.8, 4) is 5.75 Å². The molecule has 117 heavy (non-hydrogen) atoms. The Morgan fingerprint density at radius 2 is 0.906 bits per heavy atom. The molecule has 27 heteroatoms. The van der Waals surface area contributed by atoms with Crippen molar-refractivity contribution in [2.45, 2.75) is 201 Å². The maximum atomic E-state index is 10.5. The molecule has 17 rings (SSSR count). The molecule has 4 fully saturated rings. The molecule has 5 aliphatic heterocycles. The SMILES string of the molecule is CCc1ccc(Cc2c[nH]c3ccc([C@@H]4O[C@H](CO)[C@@H](O)[C@H](O)[C@H]4O)cc23)s1.CCc1ccc(Cc2cc3c([C@@H]4O[C@H](CO)[C@@H](O)[C@H](O)[C@H]4O)cccc3[nH]2)cc1.CCc1ccc(Cn2cnc3ccc([C@@H]4O[C@H](CO)[C@@H](O)[C@H](O)[C@H]4O)cc32)cc1.OC[C@H]1O[C@@H](c2ccc3[nH]cc(CCc4ccc5c(c4)CCO5)c3c2)[C@H](O)[C@@H](O)[C@@H]1O. The van der Waals surface area contributed by atoms with Crippen molar-refractivity contribution >= 4 is 55.1 Å². The third-order valence-corrected chi connectivity index (χ3v) is 24.5. The first-order chi connectivity index (χ1) is 56.6. The second kappa shape index (κ2) is 37.7. The molecule has 5 aliphatic rings. The fourth-order valence-corrected chi connectivity index (χ4v) is 17.3. The van der Waals surface area contributed by atoms with Gasteiger partial charge in [0.15, 0.2) is 0 Å². The van der Waals surface area contributed by atoms with Crippen LogP contribution in [-0.4, -0.2) is 237 Å². The molecule has 20 atom stereocenters. The third kappa shape index (κ3) is 18.4. The molecule has 26 nitrogen and oxygen atoms in total. The van der Waals surface area contributed by atoms with Crippen molar-refractivity contribution in [2.75, 3.05) is 33.0 Å². The van der Waals surface area contributed by atoms with E-state index < -0.39 is 149 Å². The number of hydrogen-bond donors (Lipinski definition) is 19. The highest BCUT2D eigenvalue weighted by molar-refractivity contribution is 7.12. The molecule has 622 valence electrons. The van der Waals surface area contributed by atoms with Crippen LogP contribution < -0.4 is 4.74 Å². The first-order valence-electron chi connectivity index (χ1n) is 40.0. The van der Waals surface area contributed by atoms with Gasteiger partial charge in [0.05, 0.1) is 50.4 Å². The Morgan fingerprint density at radius 3 is 1.44 bits per heavy atom. The molecule has 0 aliphatic carbocycles. The number of aromatic amines is 3. The summed E-state index contributed by atoms with van der Waals surface area (Å²) < 4.78 is 30.5. The van der Waals surface area contributed by atoms with Crippen molar-refractivity contribution in [2.24, 2.45) is 0 Å². The van der Waals surface area contributed by atoms with Gasteiger partial charge in [-0.05, 0) is 166 Å². The molecule has 12 aromatic rings. The summed E-state index contributed by atoms with van der Waals surface area (Å²) >= 11 is 1.81. The minimum absolute atomic E-state index is 0.433. The molecule has 0 radical (unpaired) electrons. The van der Waals surface area contributed by atoms with Gasteiger partial charge in [0, 0.05) is 86.4 Å². The lowest BCUT2D eigenvalue weighted by molar-refractivity contribution is -0.231. The summed E-state index contributed by atoms with van der Waals surface area (Å²) in [6.07, 6.45) is -10.2. The number of aliphatic hydroxyl groups excluding tert-OH is 16. The van der Waals surface area contributed by atoms with Crippen LogP contribution in [0.2, 0.25) is 0 Å². The molecule has 0 bridgehead atoms. The number of H-pyrrole nitrogens is 3. The van der Waals surface area contributed by atoms with E-state index in [1.165, 1.54) is 37.6 Å². The molecule has 0 saturated carbocycles. The lowest BCUT2D eigenvalue weighted by atomic mass is 9.90. The van der Waals surface area contributed by atoms with Gasteiger partial charge in [-0.1, -0.05) is 112 Å². The summed E-state index contributed by atoms with van der Waals surface area (Å²) in [4.78, 5) is 17.1. The Balaban J connectivity index is 0.000000128. The number of nitrogens with zero attached hydrogens (tertiary/aromatic N) is 2. The number of imidazole rings is 1. The standard InChI is InChI=1S/C24H27NO6.C23H27NO5.C22H26N2O5.C21H25NO5S/c26-12-20-21(27)22(28)23(29)24(31-20)15-4-5-18-17(10-15)16(11-25-18)3-1-13-2-6-19-14(9-13)7-8-30-19;1-2-13-6-8-14(9-7-13)10-15-11-17-16(4-3-5-18(17)24-15)23-22(28)21(27)20(26)19(12-25)29-23;1-2-13-3-5-14(6-4-13)10-24-12-23-16-8-7-15(9-17(16)24)22-21(28)20(27)19(26)18(11-25)29-22;1-2-13-4-5-14(28-13)7-12-9-22-16-6-3-11(8-15(12)16)21-20(26)19(25)18(24)17(10-23)27-21/h2,4-6,9-11,20-29H,1,3,7-8,12H2;3-9,11,19-28H,2,10,12H2,1H3;3-9,12,18-22,25-28H,2,10-11H2,1H3;3-6,8-9,17-26H,2,7,10H2,1H3/t20-,21-,22+,23-,24+;19-,20-,21+,22-,23+;18-,19-,20+,21-,22+;17-,18-,19+,20-,21+/m1111/s1. The predicted molar refractivity (Wildman–Crippen MR) is 439 cm³/mol. The number of thiophene rings is 1. The first kappa shape index (κ1) is 84.8. The zero-order valence-electron chi connectivity index (χ0n) is 65.2. The Morgan fingerprint density at radius 1 is 0.419 bits per heavy atom. The summed E-state index contributed by atoms with van der Waals surface area (Å²) in [6, 6.07) is 52.2. The zero-order valence-corrected chi connectivity index (χ0v) is 66.0. The first-order valence-corrected chi connectivity index (χ1v) is 40.9. The fourth-order valence-electron chi connectivity index (χ4n) is 16.3. The summed E-state index contributed by atoms with van der Waals surface area (Å²) in [5.74, 6) is 0.986. The topological polar surface area (TPSA) is 435 Å². The number of benzene rings is 7. The van der Waals surface area contributed by atoms with Crippen molar-refractivity contribution in [1.82, 2.24) is 24.5 Å². The highest BCUT2D eigenvalue weighted by Gasteiger charge is 2.48. The molecule has 5 aromatic heterocycles. The van der Waals surface area contributed by atoms with Crippen molar-refractivity contribution in [1.29, 1.82) is 0 Å². The van der Waals surface area contributed by atoms with Crippen LogP contribution in [0.3, 0.4) is 0 Å². The van der Waals surface area contributed by atoms with Gasteiger partial charge in [0.2, 0.25) is 0 Å². The van der Waals surface area contributed by atoms with Crippen molar-refractivity contribution in [3.05, 3.63) is 259 Å². The average Bonchev–Trinajstić information content (AvgIpc) is 1.65. The lowest BCUT2D eigenvalue weighted by Gasteiger charge is -2.40. The van der Waals surface area contributed by atoms with Gasteiger partial charge in [-0.3, -0.25) is 0 Å². The number of aliphatic hydroxyl groups is 16. The van der Waals surface area contributed by atoms with Crippen molar-refractivity contribution in [3.63, 3.8) is 0 Å². The van der Waals surface area contributed by atoms with Crippen LogP contribution in [0.25, 0.3) is 43.7 Å². The van der Waals surface area contributed by atoms with Crippen LogP contribution in [0.15, 0.2) is 176 Å². The van der Waals surface area contributed by atoms with Gasteiger partial charge in [0.25, 0.3) is 0 Å². The largest absolute Gasteiger partial charge is 0.493 e. The number of aryl methyl sites for hydroxylation is 5. The summed E-state index contributed by atoms with van der Waals surface area (Å²) in [5, 5.41) is 163. The van der Waals surface area contributed by atoms with Gasteiger partial charge in [-0.25, -0.2) is 4.98 Å². The molecule has 7 aromatic carbocycles. The van der Waals surface area contributed by atoms with Gasteiger partial charge in [0.1, 0.15) is 128 Å². The predicted octanol–water partition coefficient (Wildman–Crippen LogP) is 6.30. The Labute approximate surface area is 679 Å². The molecule has 4 saturated heterocycles. The molecule has 19 N–H and O–H groups in total. The monoisotopic (exact) mass is 1620 g/mol. The van der Waals surface area contributed by atoms with E-state index in [1.807, 2.05) is 107 Å². The Bertz CT molecular complexity index is 5250. The normalized spacial score (nSPS) is 27.7. The quantitative estimate of drug-likeness (QED) is 0.0398. The minimum Gasteiger partial charge on any atom is -0.493 e. The van der Waals surface area contributed by atoms with Crippen molar-refractivity contribution < 1.29 is 105 Å². The number of ether oxygens (including phenoxy) is 5. The highest BCUT2D eigenvalue weighted by atomic mass is 32.1. The highest BCUT2D eigenvalue weighted by Crippen LogP contribution is 2.41. The third-order valence-electron chi connectivity index (χ3n) is 23.3. The Kier molecular flexibility index (Phi) is 27.3. The van der Waals surface area contributed by atoms with Crippen LogP contribution in [0, 0.1) is 0 Å². The number of nitrogens with one attached hydrogen (secondary N) is 3. The lowest BCUT2D eigenvalue weighted by Crippen LogP contribution is -2.55. The van der Waals surface area contributed by atoms with E-state index in [-0.39, 0.29) is 0 Å². The molecular weight excluding hydrogens is 1520 g/mol. The zero-order chi connectivity index (χ0) is 82.5. The second-order valence-corrected chi connectivity index (χ2v) is 32.2. The van der Waals surface area contributed by atoms with E-state index in [0.717, 1.165) is 130 Å². The number of fused-ring (bicyclic) bond motifs is 5. The van der Waals surface area contributed by atoms with Crippen LogP contribution in [-0.2, 0) is 76.9 Å². The van der Waals surface area contributed by atoms with Gasteiger partial charge < -0.3 is 125 Å². The number of hydrogen-bond acceptors (Lipinski definition) is 23. The summed E-state index contributed by atoms with van der Waals surface area (Å²) in [5.41, 5.74) is 18.1. The average molecular weight is 1620 g/mol. The van der Waals surface area contributed by atoms with Crippen LogP contribution in [0.4, 0.5) is 0 Å². The van der Waals surface area contributed by atoms with E-state index in [1.54, 1.807) is 12.4 Å². The molecule has 10 heterocycles. The minimum atomic E-state index is -1.40.